The van der Waals surface area contributed by atoms with E-state index in [1.165, 1.54) is 0 Å². The normalized spacial score (nSPS) is 10.8. The summed E-state index contributed by atoms with van der Waals surface area (Å²) in [7, 11) is 0. The fourth-order valence-electron chi connectivity index (χ4n) is 2.43. The number of aromatic carboxylic acids is 1. The second-order valence-corrected chi connectivity index (χ2v) is 6.50. The molecule has 0 saturated heterocycles. The number of nitrogens with one attached hydrogen (secondary N) is 1. The van der Waals surface area contributed by atoms with Crippen LogP contribution in [0.1, 0.15) is 42.3 Å². The molecule has 0 aliphatic rings. The molecule has 0 radical (unpaired) electrons. The summed E-state index contributed by atoms with van der Waals surface area (Å²) >= 11 is 6.38. The van der Waals surface area contributed by atoms with Gasteiger partial charge in [-0.15, -0.1) is 0 Å². The van der Waals surface area contributed by atoms with Crippen molar-refractivity contribution in [3.63, 3.8) is 0 Å². The SMILES string of the molecule is CCOc1cc(CNCc2ccc(C(=O)O)cc2)c(Cl)cc1OC(C)C. The lowest BCUT2D eigenvalue weighted by molar-refractivity contribution is 0.0697. The lowest BCUT2D eigenvalue weighted by Gasteiger charge is -2.17. The fraction of sp³-hybridized carbons (Fsp3) is 0.350. The first-order valence-corrected chi connectivity index (χ1v) is 8.93. The molecule has 0 spiro atoms. The van der Waals surface area contributed by atoms with Gasteiger partial charge in [-0.1, -0.05) is 23.7 Å². The molecule has 0 saturated carbocycles. The van der Waals surface area contributed by atoms with E-state index >= 15 is 0 Å². The Morgan fingerprint density at radius 1 is 1.15 bits per heavy atom. The van der Waals surface area contributed by atoms with Gasteiger partial charge in [-0.05, 0) is 50.1 Å². The zero-order chi connectivity index (χ0) is 19.1. The molecular formula is C20H24ClNO4. The molecule has 0 fully saturated rings. The van der Waals surface area contributed by atoms with E-state index in [0.717, 1.165) is 11.1 Å². The summed E-state index contributed by atoms with van der Waals surface area (Å²) in [5.41, 5.74) is 2.18. The van der Waals surface area contributed by atoms with Crippen LogP contribution >= 0.6 is 11.6 Å². The molecule has 0 heterocycles. The van der Waals surface area contributed by atoms with Crippen molar-refractivity contribution >= 4 is 17.6 Å². The first-order valence-electron chi connectivity index (χ1n) is 8.55. The van der Waals surface area contributed by atoms with Gasteiger partial charge in [0.2, 0.25) is 0 Å². The summed E-state index contributed by atoms with van der Waals surface area (Å²) in [6.07, 6.45) is 0.0306. The monoisotopic (exact) mass is 377 g/mol. The minimum Gasteiger partial charge on any atom is -0.490 e. The van der Waals surface area contributed by atoms with Gasteiger partial charge >= 0.3 is 5.97 Å². The van der Waals surface area contributed by atoms with Crippen LogP contribution in [0.25, 0.3) is 0 Å². The largest absolute Gasteiger partial charge is 0.490 e. The number of hydrogen-bond donors (Lipinski definition) is 2. The maximum Gasteiger partial charge on any atom is 0.335 e. The molecule has 0 unspecified atom stereocenters. The van der Waals surface area contributed by atoms with Gasteiger partial charge in [0.15, 0.2) is 11.5 Å². The van der Waals surface area contributed by atoms with Crippen LogP contribution in [0.2, 0.25) is 5.02 Å². The molecule has 26 heavy (non-hydrogen) atoms. The third-order valence-electron chi connectivity index (χ3n) is 3.62. The highest BCUT2D eigenvalue weighted by Crippen LogP contribution is 2.34. The Morgan fingerprint density at radius 3 is 2.42 bits per heavy atom. The summed E-state index contributed by atoms with van der Waals surface area (Å²) in [6, 6.07) is 10.5. The number of carboxylic acid groups (broad SMARTS) is 1. The van der Waals surface area contributed by atoms with Gasteiger partial charge in [-0.2, -0.15) is 0 Å². The number of ether oxygens (including phenoxy) is 2. The first-order chi connectivity index (χ1) is 12.4. The first kappa shape index (κ1) is 20.1. The lowest BCUT2D eigenvalue weighted by Crippen LogP contribution is -2.14. The van der Waals surface area contributed by atoms with E-state index in [-0.39, 0.29) is 11.7 Å². The Kier molecular flexibility index (Phi) is 7.30. The average molecular weight is 378 g/mol. The number of benzene rings is 2. The Morgan fingerprint density at radius 2 is 1.85 bits per heavy atom. The van der Waals surface area contributed by atoms with E-state index in [4.69, 9.17) is 26.2 Å². The van der Waals surface area contributed by atoms with Crippen molar-refractivity contribution in [1.29, 1.82) is 0 Å². The molecular weight excluding hydrogens is 354 g/mol. The van der Waals surface area contributed by atoms with Crippen LogP contribution in [0, 0.1) is 0 Å². The van der Waals surface area contributed by atoms with E-state index in [2.05, 4.69) is 5.32 Å². The standard InChI is InChI=1S/C20H24ClNO4/c1-4-25-18-9-16(17(21)10-19(18)26-13(2)3)12-22-11-14-5-7-15(8-6-14)20(23)24/h5-10,13,22H,4,11-12H2,1-3H3,(H,23,24). The number of carbonyl (C=O) groups is 1. The van der Waals surface area contributed by atoms with E-state index < -0.39 is 5.97 Å². The molecule has 2 aromatic carbocycles. The van der Waals surface area contributed by atoms with Crippen LogP contribution in [0.4, 0.5) is 0 Å². The quantitative estimate of drug-likeness (QED) is 0.672. The second-order valence-electron chi connectivity index (χ2n) is 6.10. The zero-order valence-electron chi connectivity index (χ0n) is 15.2. The Hall–Kier alpha value is -2.24. The van der Waals surface area contributed by atoms with Gasteiger partial charge < -0.3 is 19.9 Å². The highest BCUT2D eigenvalue weighted by atomic mass is 35.5. The van der Waals surface area contributed by atoms with Gasteiger partial charge in [0.25, 0.3) is 0 Å². The Balaban J connectivity index is 2.04. The van der Waals surface area contributed by atoms with Crippen molar-refractivity contribution in [2.45, 2.75) is 40.0 Å². The summed E-state index contributed by atoms with van der Waals surface area (Å²) < 4.78 is 11.4. The van der Waals surface area contributed by atoms with Crippen molar-refractivity contribution in [2.24, 2.45) is 0 Å². The van der Waals surface area contributed by atoms with Gasteiger partial charge in [0.1, 0.15) is 0 Å². The van der Waals surface area contributed by atoms with Crippen LogP contribution in [-0.4, -0.2) is 23.8 Å². The molecule has 6 heteroatoms. The van der Waals surface area contributed by atoms with Crippen LogP contribution in [0.15, 0.2) is 36.4 Å². The molecule has 0 amide bonds. The highest BCUT2D eigenvalue weighted by molar-refractivity contribution is 6.31. The topological polar surface area (TPSA) is 67.8 Å². The summed E-state index contributed by atoms with van der Waals surface area (Å²) in [4.78, 5) is 10.9. The van der Waals surface area contributed by atoms with E-state index in [0.29, 0.717) is 36.2 Å². The third kappa shape index (κ3) is 5.64. The van der Waals surface area contributed by atoms with Crippen molar-refractivity contribution < 1.29 is 19.4 Å². The molecule has 0 aromatic heterocycles. The van der Waals surface area contributed by atoms with E-state index in [1.807, 2.05) is 26.8 Å². The molecule has 0 aliphatic carbocycles. The van der Waals surface area contributed by atoms with Crippen LogP contribution in [-0.2, 0) is 13.1 Å². The highest BCUT2D eigenvalue weighted by Gasteiger charge is 2.12. The van der Waals surface area contributed by atoms with Crippen molar-refractivity contribution in [2.75, 3.05) is 6.61 Å². The molecule has 0 aliphatic heterocycles. The van der Waals surface area contributed by atoms with Gasteiger partial charge in [-0.3, -0.25) is 0 Å². The van der Waals surface area contributed by atoms with Crippen LogP contribution in [0.5, 0.6) is 11.5 Å². The fourth-order valence-corrected chi connectivity index (χ4v) is 2.65. The number of rotatable bonds is 9. The molecule has 2 N–H and O–H groups in total. The predicted octanol–water partition coefficient (Wildman–Crippen LogP) is 4.51. The molecule has 0 bridgehead atoms. The van der Waals surface area contributed by atoms with Gasteiger partial charge in [0.05, 0.1) is 18.3 Å². The maximum absolute atomic E-state index is 10.9. The minimum atomic E-state index is -0.927. The maximum atomic E-state index is 10.9. The van der Waals surface area contributed by atoms with Crippen molar-refractivity contribution in [3.05, 3.63) is 58.1 Å². The predicted molar refractivity (Wildman–Crippen MR) is 102 cm³/mol. The average Bonchev–Trinajstić information content (AvgIpc) is 2.58. The van der Waals surface area contributed by atoms with Crippen molar-refractivity contribution in [1.82, 2.24) is 5.32 Å². The van der Waals surface area contributed by atoms with E-state index in [1.54, 1.807) is 30.3 Å². The third-order valence-corrected chi connectivity index (χ3v) is 3.97. The number of carboxylic acids is 1. The molecule has 0 atom stereocenters. The molecule has 2 rings (SSSR count). The number of hydrogen-bond acceptors (Lipinski definition) is 4. The van der Waals surface area contributed by atoms with E-state index in [9.17, 15) is 4.79 Å². The van der Waals surface area contributed by atoms with Gasteiger partial charge in [-0.25, -0.2) is 4.79 Å². The molecule has 140 valence electrons. The summed E-state index contributed by atoms with van der Waals surface area (Å²) in [5.74, 6) is 0.386. The van der Waals surface area contributed by atoms with Gasteiger partial charge in [0, 0.05) is 24.2 Å². The van der Waals surface area contributed by atoms with Crippen LogP contribution in [0.3, 0.4) is 0 Å². The molecule has 2 aromatic rings. The summed E-state index contributed by atoms with van der Waals surface area (Å²) in [6.45, 7) is 7.53. The minimum absolute atomic E-state index is 0.0306. The second kappa shape index (κ2) is 9.46. The summed E-state index contributed by atoms with van der Waals surface area (Å²) in [5, 5.41) is 12.8. The molecule has 5 nitrogen and oxygen atoms in total. The smallest absolute Gasteiger partial charge is 0.335 e. The van der Waals surface area contributed by atoms with Crippen molar-refractivity contribution in [3.8, 4) is 11.5 Å². The lowest BCUT2D eigenvalue weighted by atomic mass is 10.1. The zero-order valence-corrected chi connectivity index (χ0v) is 16.0. The Labute approximate surface area is 158 Å². The Bertz CT molecular complexity index is 744. The number of halogens is 1. The van der Waals surface area contributed by atoms with Crippen LogP contribution < -0.4 is 14.8 Å².